The van der Waals surface area contributed by atoms with Gasteiger partial charge in [0.15, 0.2) is 0 Å². The van der Waals surface area contributed by atoms with E-state index in [-0.39, 0.29) is 0 Å². The van der Waals surface area contributed by atoms with Crippen molar-refractivity contribution in [2.75, 3.05) is 0 Å². The lowest BCUT2D eigenvalue weighted by atomic mass is 9.85. The Labute approximate surface area is 94.8 Å². The molecule has 0 bridgehead atoms. The first-order chi connectivity index (χ1) is 7.09. The fraction of sp³-hybridized carbons (Fsp3) is 0.600. The molecule has 1 unspecified atom stereocenters. The Morgan fingerprint density at radius 2 is 2.07 bits per heavy atom. The first-order valence-corrected chi connectivity index (χ1v) is 6.05. The maximum absolute atomic E-state index is 2.41. The van der Waals surface area contributed by atoms with Crippen molar-refractivity contribution in [1.82, 2.24) is 0 Å². The molecular formula is C15H24. The zero-order valence-electron chi connectivity index (χ0n) is 10.6. The fourth-order valence-corrected chi connectivity index (χ4v) is 2.03. The van der Waals surface area contributed by atoms with Crippen LogP contribution >= 0.6 is 0 Å². The molecule has 0 radical (unpaired) electrons. The maximum Gasteiger partial charge on any atom is -0.0164 e. The Kier molecular flexibility index (Phi) is 4.87. The normalized spacial score (nSPS) is 22.3. The van der Waals surface area contributed by atoms with Crippen molar-refractivity contribution < 1.29 is 0 Å². The lowest BCUT2D eigenvalue weighted by Crippen LogP contribution is -2.05. The topological polar surface area (TPSA) is 0 Å². The zero-order valence-corrected chi connectivity index (χ0v) is 10.6. The van der Waals surface area contributed by atoms with Crippen LogP contribution in [0, 0.1) is 5.92 Å². The molecule has 1 rings (SSSR count). The van der Waals surface area contributed by atoms with Gasteiger partial charge in [-0.15, -0.1) is 0 Å². The first-order valence-electron chi connectivity index (χ1n) is 6.05. The molecule has 0 N–H and O–H groups in total. The van der Waals surface area contributed by atoms with Crippen molar-refractivity contribution >= 4 is 0 Å². The molecule has 0 aromatic rings. The third kappa shape index (κ3) is 4.51. The van der Waals surface area contributed by atoms with Crippen LogP contribution in [0.2, 0.25) is 0 Å². The van der Waals surface area contributed by atoms with Gasteiger partial charge in [0.1, 0.15) is 0 Å². The SMILES string of the molecule is CC(C)=CC/C=C(/C)C1CC=C(C)CC1. The van der Waals surface area contributed by atoms with E-state index >= 15 is 0 Å². The van der Waals surface area contributed by atoms with Crippen molar-refractivity contribution in [2.45, 2.75) is 53.4 Å². The summed E-state index contributed by atoms with van der Waals surface area (Å²) in [5.41, 5.74) is 4.57. The fourth-order valence-electron chi connectivity index (χ4n) is 2.03. The second kappa shape index (κ2) is 5.95. The second-order valence-electron chi connectivity index (χ2n) is 4.99. The Morgan fingerprint density at radius 1 is 1.33 bits per heavy atom. The minimum absolute atomic E-state index is 0.805. The first kappa shape index (κ1) is 12.3. The van der Waals surface area contributed by atoms with Gasteiger partial charge in [0, 0.05) is 0 Å². The van der Waals surface area contributed by atoms with E-state index < -0.39 is 0 Å². The molecule has 15 heavy (non-hydrogen) atoms. The molecule has 1 aliphatic carbocycles. The average Bonchev–Trinajstić information content (AvgIpc) is 2.18. The number of allylic oxidation sites excluding steroid dienone is 6. The largest absolute Gasteiger partial charge is 0.0850 e. The Morgan fingerprint density at radius 3 is 2.60 bits per heavy atom. The van der Waals surface area contributed by atoms with Gasteiger partial charge in [0.05, 0.1) is 0 Å². The molecule has 0 saturated carbocycles. The molecule has 1 aliphatic rings. The average molecular weight is 204 g/mol. The highest BCUT2D eigenvalue weighted by atomic mass is 14.2. The minimum atomic E-state index is 0.805. The highest BCUT2D eigenvalue weighted by molar-refractivity contribution is 5.14. The number of hydrogen-bond acceptors (Lipinski definition) is 0. The van der Waals surface area contributed by atoms with Crippen molar-refractivity contribution in [3.8, 4) is 0 Å². The van der Waals surface area contributed by atoms with Gasteiger partial charge in [-0.05, 0) is 59.3 Å². The summed E-state index contributed by atoms with van der Waals surface area (Å²) in [6.07, 6.45) is 12.1. The summed E-state index contributed by atoms with van der Waals surface area (Å²) in [6, 6.07) is 0. The predicted octanol–water partition coefficient (Wildman–Crippen LogP) is 5.04. The van der Waals surface area contributed by atoms with Crippen LogP contribution in [0.1, 0.15) is 53.4 Å². The van der Waals surface area contributed by atoms with Crippen molar-refractivity contribution in [3.05, 3.63) is 34.9 Å². The van der Waals surface area contributed by atoms with Gasteiger partial charge < -0.3 is 0 Å². The van der Waals surface area contributed by atoms with Gasteiger partial charge >= 0.3 is 0 Å². The summed E-state index contributed by atoms with van der Waals surface area (Å²) in [6.45, 7) is 8.86. The van der Waals surface area contributed by atoms with E-state index in [0.717, 1.165) is 12.3 Å². The maximum atomic E-state index is 2.41. The molecule has 0 heteroatoms. The highest BCUT2D eigenvalue weighted by Gasteiger charge is 2.13. The van der Waals surface area contributed by atoms with Gasteiger partial charge in [-0.1, -0.05) is 34.9 Å². The summed E-state index contributed by atoms with van der Waals surface area (Å²) in [5.74, 6) is 0.805. The molecule has 0 amide bonds. The molecule has 0 aromatic carbocycles. The molecule has 84 valence electrons. The summed E-state index contributed by atoms with van der Waals surface area (Å²) in [5, 5.41) is 0. The third-order valence-electron chi connectivity index (χ3n) is 3.25. The molecular weight excluding hydrogens is 180 g/mol. The van der Waals surface area contributed by atoms with Crippen LogP contribution in [0.5, 0.6) is 0 Å². The van der Waals surface area contributed by atoms with E-state index in [1.165, 1.54) is 24.8 Å². The standard InChI is InChI=1S/C15H24/c1-12(2)6-5-7-14(4)15-10-8-13(3)9-11-15/h6-8,15H,5,9-11H2,1-4H3/b14-7-. The van der Waals surface area contributed by atoms with E-state index in [4.69, 9.17) is 0 Å². The molecule has 0 fully saturated rings. The van der Waals surface area contributed by atoms with E-state index in [0.29, 0.717) is 0 Å². The second-order valence-corrected chi connectivity index (χ2v) is 4.99. The molecule has 0 heterocycles. The van der Waals surface area contributed by atoms with Gasteiger partial charge in [-0.25, -0.2) is 0 Å². The monoisotopic (exact) mass is 204 g/mol. The van der Waals surface area contributed by atoms with Gasteiger partial charge in [-0.2, -0.15) is 0 Å². The quantitative estimate of drug-likeness (QED) is 0.565. The summed E-state index contributed by atoms with van der Waals surface area (Å²) in [4.78, 5) is 0. The molecule has 0 spiro atoms. The smallest absolute Gasteiger partial charge is 0.0164 e. The number of hydrogen-bond donors (Lipinski definition) is 0. The van der Waals surface area contributed by atoms with Crippen LogP contribution in [0.3, 0.4) is 0 Å². The van der Waals surface area contributed by atoms with Crippen molar-refractivity contribution in [1.29, 1.82) is 0 Å². The zero-order chi connectivity index (χ0) is 11.3. The Bertz CT molecular complexity index is 285. The van der Waals surface area contributed by atoms with Crippen LogP contribution in [-0.2, 0) is 0 Å². The van der Waals surface area contributed by atoms with Crippen LogP contribution in [0.15, 0.2) is 34.9 Å². The van der Waals surface area contributed by atoms with E-state index in [2.05, 4.69) is 45.9 Å². The van der Waals surface area contributed by atoms with Crippen molar-refractivity contribution in [3.63, 3.8) is 0 Å². The van der Waals surface area contributed by atoms with Gasteiger partial charge in [0.2, 0.25) is 0 Å². The van der Waals surface area contributed by atoms with Crippen LogP contribution in [-0.4, -0.2) is 0 Å². The van der Waals surface area contributed by atoms with E-state index in [1.807, 2.05) is 0 Å². The minimum Gasteiger partial charge on any atom is -0.0850 e. The molecule has 0 aliphatic heterocycles. The predicted molar refractivity (Wildman–Crippen MR) is 68.9 cm³/mol. The van der Waals surface area contributed by atoms with E-state index in [9.17, 15) is 0 Å². The lowest BCUT2D eigenvalue weighted by molar-refractivity contribution is 0.537. The molecule has 0 nitrogen and oxygen atoms in total. The molecule has 0 aromatic heterocycles. The van der Waals surface area contributed by atoms with Gasteiger partial charge in [-0.3, -0.25) is 0 Å². The van der Waals surface area contributed by atoms with Crippen LogP contribution in [0.4, 0.5) is 0 Å². The van der Waals surface area contributed by atoms with E-state index in [1.54, 1.807) is 11.1 Å². The summed E-state index contributed by atoms with van der Waals surface area (Å²) < 4.78 is 0. The van der Waals surface area contributed by atoms with Gasteiger partial charge in [0.25, 0.3) is 0 Å². The molecule has 1 atom stereocenters. The van der Waals surface area contributed by atoms with Crippen molar-refractivity contribution in [2.24, 2.45) is 5.92 Å². The van der Waals surface area contributed by atoms with Crippen LogP contribution in [0.25, 0.3) is 0 Å². The lowest BCUT2D eigenvalue weighted by Gasteiger charge is -2.21. The Hall–Kier alpha value is -0.780. The third-order valence-corrected chi connectivity index (χ3v) is 3.25. The summed E-state index contributed by atoms with van der Waals surface area (Å²) in [7, 11) is 0. The summed E-state index contributed by atoms with van der Waals surface area (Å²) >= 11 is 0. The van der Waals surface area contributed by atoms with Crippen LogP contribution < -0.4 is 0 Å². The number of rotatable bonds is 3. The Balaban J connectivity index is 2.47. The highest BCUT2D eigenvalue weighted by Crippen LogP contribution is 2.28. The molecule has 0 saturated heterocycles.